The number of nitrogens with zero attached hydrogens (tertiary/aromatic N) is 3. The number of unbranched alkanes of at least 4 members (excludes halogenated alkanes) is 1. The van der Waals surface area contributed by atoms with Crippen LogP contribution in [0.5, 0.6) is 5.75 Å². The molecule has 3 heterocycles. The van der Waals surface area contributed by atoms with Crippen molar-refractivity contribution in [3.05, 3.63) is 29.3 Å². The quantitative estimate of drug-likeness (QED) is 0.346. The number of carboxylic acids is 1. The lowest BCUT2D eigenvalue weighted by atomic mass is 9.82. The molecular formula is C32H52N3O5+. The molecule has 1 N–H and O–H groups in total. The fourth-order valence-corrected chi connectivity index (χ4v) is 6.74. The first-order chi connectivity index (χ1) is 19.2. The van der Waals surface area contributed by atoms with Crippen molar-refractivity contribution in [2.75, 3.05) is 67.1 Å². The predicted octanol–water partition coefficient (Wildman–Crippen LogP) is 4.16. The van der Waals surface area contributed by atoms with Crippen LogP contribution >= 0.6 is 0 Å². The number of amides is 1. The van der Waals surface area contributed by atoms with Crippen LogP contribution in [0.2, 0.25) is 0 Å². The van der Waals surface area contributed by atoms with E-state index in [0.717, 1.165) is 99.0 Å². The number of hydrogen-bond donors (Lipinski definition) is 1. The Bertz CT molecular complexity index is 987. The molecule has 8 nitrogen and oxygen atoms in total. The van der Waals surface area contributed by atoms with E-state index < -0.39 is 11.9 Å². The van der Waals surface area contributed by atoms with Crippen molar-refractivity contribution < 1.29 is 28.7 Å². The molecule has 8 heteroatoms. The summed E-state index contributed by atoms with van der Waals surface area (Å²) in [5.41, 5.74) is 2.21. The van der Waals surface area contributed by atoms with Gasteiger partial charge in [0.25, 0.3) is 0 Å². The minimum absolute atomic E-state index is 0.126. The molecule has 0 bridgehead atoms. The van der Waals surface area contributed by atoms with Gasteiger partial charge in [-0.25, -0.2) is 0 Å². The van der Waals surface area contributed by atoms with E-state index in [-0.39, 0.29) is 30.5 Å². The molecule has 40 heavy (non-hydrogen) atoms. The van der Waals surface area contributed by atoms with Gasteiger partial charge in [0.15, 0.2) is 0 Å². The molecule has 2 saturated heterocycles. The maximum Gasteiger partial charge on any atom is 0.308 e. The number of benzene rings is 1. The number of hydrogen-bond acceptors (Lipinski definition) is 5. The van der Waals surface area contributed by atoms with E-state index in [1.807, 2.05) is 17.0 Å². The van der Waals surface area contributed by atoms with E-state index in [1.54, 1.807) is 0 Å². The highest BCUT2D eigenvalue weighted by molar-refractivity contribution is 5.79. The summed E-state index contributed by atoms with van der Waals surface area (Å²) in [5, 5.41) is 10.5. The van der Waals surface area contributed by atoms with Gasteiger partial charge in [0.1, 0.15) is 5.75 Å². The first kappa shape index (κ1) is 30.8. The van der Waals surface area contributed by atoms with Crippen molar-refractivity contribution in [3.63, 3.8) is 0 Å². The lowest BCUT2D eigenvalue weighted by molar-refractivity contribution is -0.870. The second kappa shape index (κ2) is 14.1. The van der Waals surface area contributed by atoms with Crippen LogP contribution in [0.3, 0.4) is 0 Å². The van der Waals surface area contributed by atoms with Crippen molar-refractivity contribution >= 4 is 11.9 Å². The fraction of sp³-hybridized carbons (Fsp3) is 0.750. The van der Waals surface area contributed by atoms with Gasteiger partial charge in [0.2, 0.25) is 5.91 Å². The van der Waals surface area contributed by atoms with E-state index in [9.17, 15) is 14.7 Å². The van der Waals surface area contributed by atoms with Gasteiger partial charge in [-0.1, -0.05) is 25.5 Å². The van der Waals surface area contributed by atoms with Crippen molar-refractivity contribution in [3.8, 4) is 5.75 Å². The van der Waals surface area contributed by atoms with Gasteiger partial charge in [-0.3, -0.25) is 14.5 Å². The minimum Gasteiger partial charge on any atom is -0.493 e. The summed E-state index contributed by atoms with van der Waals surface area (Å²) < 4.78 is 12.6. The van der Waals surface area contributed by atoms with Crippen LogP contribution < -0.4 is 4.74 Å². The van der Waals surface area contributed by atoms with Gasteiger partial charge in [0, 0.05) is 51.0 Å². The predicted molar refractivity (Wildman–Crippen MR) is 157 cm³/mol. The Kier molecular flexibility index (Phi) is 10.9. The second-order valence-corrected chi connectivity index (χ2v) is 13.1. The molecule has 0 radical (unpaired) electrons. The van der Waals surface area contributed by atoms with Crippen LogP contribution in [0.1, 0.15) is 75.3 Å². The molecule has 0 aliphatic carbocycles. The monoisotopic (exact) mass is 558 g/mol. The number of aliphatic carboxylic acids is 1. The summed E-state index contributed by atoms with van der Waals surface area (Å²) in [6, 6.07) is 5.99. The zero-order valence-corrected chi connectivity index (χ0v) is 25.3. The van der Waals surface area contributed by atoms with Crippen molar-refractivity contribution in [2.24, 2.45) is 5.92 Å². The summed E-state index contributed by atoms with van der Waals surface area (Å²) in [4.78, 5) is 30.8. The fourth-order valence-electron chi connectivity index (χ4n) is 6.74. The van der Waals surface area contributed by atoms with Crippen molar-refractivity contribution in [1.82, 2.24) is 9.80 Å². The molecule has 3 aliphatic heterocycles. The average molecular weight is 559 g/mol. The van der Waals surface area contributed by atoms with Crippen LogP contribution in [0.4, 0.5) is 0 Å². The van der Waals surface area contributed by atoms with E-state index in [1.165, 1.54) is 6.42 Å². The third-order valence-electron chi connectivity index (χ3n) is 8.96. The Morgan fingerprint density at radius 2 is 1.90 bits per heavy atom. The summed E-state index contributed by atoms with van der Waals surface area (Å²) in [6.45, 7) is 7.00. The van der Waals surface area contributed by atoms with Crippen molar-refractivity contribution in [1.29, 1.82) is 0 Å². The van der Waals surface area contributed by atoms with Gasteiger partial charge in [-0.2, -0.15) is 0 Å². The summed E-state index contributed by atoms with van der Waals surface area (Å²) in [6.07, 6.45) is 8.90. The number of rotatable bonds is 14. The number of quaternary nitrogens is 1. The van der Waals surface area contributed by atoms with Gasteiger partial charge < -0.3 is 24.0 Å². The van der Waals surface area contributed by atoms with Crippen LogP contribution in [0.25, 0.3) is 0 Å². The van der Waals surface area contributed by atoms with Crippen LogP contribution in [0.15, 0.2) is 18.2 Å². The summed E-state index contributed by atoms with van der Waals surface area (Å²) in [7, 11) is 6.54. The Labute approximate surface area is 241 Å². The minimum atomic E-state index is -0.767. The normalized spacial score (nSPS) is 25.0. The van der Waals surface area contributed by atoms with E-state index >= 15 is 0 Å². The zero-order valence-electron chi connectivity index (χ0n) is 25.3. The third-order valence-corrected chi connectivity index (χ3v) is 8.96. The first-order valence-corrected chi connectivity index (χ1v) is 15.6. The molecular weight excluding hydrogens is 506 g/mol. The summed E-state index contributed by atoms with van der Waals surface area (Å²) >= 11 is 0. The molecule has 0 spiro atoms. The van der Waals surface area contributed by atoms with Gasteiger partial charge in [-0.05, 0) is 55.7 Å². The van der Waals surface area contributed by atoms with Gasteiger partial charge in [-0.15, -0.1) is 0 Å². The number of ether oxygens (including phenoxy) is 2. The molecule has 4 unspecified atom stereocenters. The highest BCUT2D eigenvalue weighted by Crippen LogP contribution is 2.41. The van der Waals surface area contributed by atoms with E-state index in [2.05, 4.69) is 39.0 Å². The molecule has 224 valence electrons. The van der Waals surface area contributed by atoms with Gasteiger partial charge in [0.05, 0.1) is 52.9 Å². The number of likely N-dealkylation sites (tertiary alicyclic amines) is 1. The second-order valence-electron chi connectivity index (χ2n) is 13.1. The highest BCUT2D eigenvalue weighted by atomic mass is 16.5. The smallest absolute Gasteiger partial charge is 0.308 e. The van der Waals surface area contributed by atoms with E-state index in [4.69, 9.17) is 9.47 Å². The zero-order chi connectivity index (χ0) is 28.7. The average Bonchev–Trinajstić information content (AvgIpc) is 3.53. The van der Waals surface area contributed by atoms with Crippen molar-refractivity contribution in [2.45, 2.75) is 82.8 Å². The number of fused-ring (bicyclic) bond motifs is 1. The number of carbonyl (C=O) groups is 2. The molecule has 4 rings (SSSR count). The Hall–Kier alpha value is -2.16. The molecule has 0 aromatic heterocycles. The van der Waals surface area contributed by atoms with E-state index in [0.29, 0.717) is 13.2 Å². The Morgan fingerprint density at radius 3 is 2.60 bits per heavy atom. The summed E-state index contributed by atoms with van der Waals surface area (Å²) in [5.74, 6) is -0.445. The third kappa shape index (κ3) is 8.20. The largest absolute Gasteiger partial charge is 0.493 e. The molecule has 4 atom stereocenters. The maximum atomic E-state index is 13.8. The molecule has 1 amide bonds. The lowest BCUT2D eigenvalue weighted by Crippen LogP contribution is -2.45. The Morgan fingerprint density at radius 1 is 1.10 bits per heavy atom. The lowest BCUT2D eigenvalue weighted by Gasteiger charge is -2.32. The standard InChI is InChI=1S/C32H51N3O5/c1-5-6-16-33(17-9-18-35(2,3)4)30(36)23-34-22-27(24-11-14-29-25(21-24)15-20-40-29)31(32(37)38)28(34)13-12-26-10-7-8-19-39-26/h11,14,21,26-28,31H,5-10,12-13,15-20,22-23H2,1-4H3/p+1. The highest BCUT2D eigenvalue weighted by Gasteiger charge is 2.47. The maximum absolute atomic E-state index is 13.8. The molecule has 1 aromatic rings. The molecule has 1 aromatic carbocycles. The first-order valence-electron chi connectivity index (χ1n) is 15.6. The molecule has 0 saturated carbocycles. The Balaban J connectivity index is 1.53. The SMILES string of the molecule is CCCCN(CCC[N+](C)(C)C)C(=O)CN1CC(c2ccc3c(c2)CCO3)C(C(=O)O)C1CCC1CCCCO1. The topological polar surface area (TPSA) is 79.3 Å². The van der Waals surface area contributed by atoms with Gasteiger partial charge >= 0.3 is 5.97 Å². The van der Waals surface area contributed by atoms with Crippen LogP contribution in [0, 0.1) is 5.92 Å². The molecule has 3 aliphatic rings. The van der Waals surface area contributed by atoms with Crippen LogP contribution in [-0.4, -0.2) is 110 Å². The number of carbonyl (C=O) groups excluding carboxylic acids is 1. The van der Waals surface area contributed by atoms with Crippen LogP contribution in [-0.2, 0) is 20.7 Å². The molecule has 2 fully saturated rings. The number of carboxylic acid groups (broad SMARTS) is 1.